The normalized spacial score (nSPS) is 12.1. The third-order valence-electron chi connectivity index (χ3n) is 2.92. The van der Waals surface area contributed by atoms with E-state index in [9.17, 15) is 9.18 Å². The van der Waals surface area contributed by atoms with Gasteiger partial charge in [0, 0.05) is 17.8 Å². The number of ether oxygens (including phenoxy) is 3. The van der Waals surface area contributed by atoms with Crippen LogP contribution in [0.1, 0.15) is 0 Å². The van der Waals surface area contributed by atoms with Crippen molar-refractivity contribution < 1.29 is 23.4 Å². The number of hydrogen-bond acceptors (Lipinski definition) is 4. The standard InChI is InChI=1S/C15H11ClFNO4/c16-11-6-10(2-3-12(11)17)20-7-15(19)18-9-1-4-13-14(5-9)22-8-21-13/h1-6H,7-8H2,(H,18,19). The third-order valence-corrected chi connectivity index (χ3v) is 3.21. The van der Waals surface area contributed by atoms with Crippen molar-refractivity contribution in [1.82, 2.24) is 0 Å². The molecule has 0 fully saturated rings. The fraction of sp³-hybridized carbons (Fsp3) is 0.133. The van der Waals surface area contributed by atoms with Crippen LogP contribution in [0, 0.1) is 5.82 Å². The summed E-state index contributed by atoms with van der Waals surface area (Å²) >= 11 is 5.63. The number of fused-ring (bicyclic) bond motifs is 1. The monoisotopic (exact) mass is 323 g/mol. The topological polar surface area (TPSA) is 56.8 Å². The Balaban J connectivity index is 1.57. The van der Waals surface area contributed by atoms with Crippen LogP contribution in [0.25, 0.3) is 0 Å². The van der Waals surface area contributed by atoms with Gasteiger partial charge >= 0.3 is 0 Å². The molecular formula is C15H11ClFNO4. The molecule has 0 radical (unpaired) electrons. The van der Waals surface area contributed by atoms with Crippen molar-refractivity contribution in [3.05, 3.63) is 47.2 Å². The molecule has 1 heterocycles. The second-order valence-electron chi connectivity index (χ2n) is 4.48. The maximum absolute atomic E-state index is 13.0. The van der Waals surface area contributed by atoms with Crippen LogP contribution >= 0.6 is 11.6 Å². The average Bonchev–Trinajstić information content (AvgIpc) is 2.96. The van der Waals surface area contributed by atoms with Crippen molar-refractivity contribution in [3.63, 3.8) is 0 Å². The Morgan fingerprint density at radius 1 is 1.23 bits per heavy atom. The highest BCUT2D eigenvalue weighted by Gasteiger charge is 2.14. The molecule has 3 rings (SSSR count). The summed E-state index contributed by atoms with van der Waals surface area (Å²) in [4.78, 5) is 11.8. The van der Waals surface area contributed by atoms with Crippen molar-refractivity contribution in [2.45, 2.75) is 0 Å². The van der Waals surface area contributed by atoms with Crippen LogP contribution in [-0.2, 0) is 4.79 Å². The van der Waals surface area contributed by atoms with Crippen LogP contribution < -0.4 is 19.5 Å². The molecule has 0 spiro atoms. The van der Waals surface area contributed by atoms with Crippen molar-refractivity contribution in [1.29, 1.82) is 0 Å². The molecule has 2 aromatic rings. The van der Waals surface area contributed by atoms with Gasteiger partial charge in [-0.1, -0.05) is 11.6 Å². The quantitative estimate of drug-likeness (QED) is 0.938. The molecule has 0 unspecified atom stereocenters. The summed E-state index contributed by atoms with van der Waals surface area (Å²) in [6.45, 7) is -0.0580. The first kappa shape index (κ1) is 14.5. The molecule has 1 N–H and O–H groups in total. The van der Waals surface area contributed by atoms with E-state index in [-0.39, 0.29) is 24.3 Å². The van der Waals surface area contributed by atoms with E-state index < -0.39 is 5.82 Å². The predicted octanol–water partition coefficient (Wildman–Crippen LogP) is 3.23. The van der Waals surface area contributed by atoms with Crippen molar-refractivity contribution in [2.24, 2.45) is 0 Å². The van der Waals surface area contributed by atoms with Gasteiger partial charge in [0.25, 0.3) is 5.91 Å². The van der Waals surface area contributed by atoms with Gasteiger partial charge in [0.15, 0.2) is 18.1 Å². The van der Waals surface area contributed by atoms with Crippen LogP contribution in [-0.4, -0.2) is 19.3 Å². The lowest BCUT2D eigenvalue weighted by Gasteiger charge is -2.08. The van der Waals surface area contributed by atoms with E-state index in [1.165, 1.54) is 18.2 Å². The van der Waals surface area contributed by atoms with Gasteiger partial charge in [-0.3, -0.25) is 4.79 Å². The molecule has 1 amide bonds. The lowest BCUT2D eigenvalue weighted by Crippen LogP contribution is -2.20. The molecule has 7 heteroatoms. The van der Waals surface area contributed by atoms with Gasteiger partial charge in [-0.15, -0.1) is 0 Å². The Hall–Kier alpha value is -2.47. The number of hydrogen-bond donors (Lipinski definition) is 1. The summed E-state index contributed by atoms with van der Waals surface area (Å²) in [5, 5.41) is 2.60. The number of carbonyl (C=O) groups is 1. The molecule has 0 atom stereocenters. The molecule has 0 saturated heterocycles. The third kappa shape index (κ3) is 3.23. The highest BCUT2D eigenvalue weighted by Crippen LogP contribution is 2.34. The highest BCUT2D eigenvalue weighted by atomic mass is 35.5. The first-order chi connectivity index (χ1) is 10.6. The van der Waals surface area contributed by atoms with Crippen molar-refractivity contribution in [3.8, 4) is 17.2 Å². The van der Waals surface area contributed by atoms with Crippen LogP contribution in [0.3, 0.4) is 0 Å². The second kappa shape index (κ2) is 6.11. The van der Waals surface area contributed by atoms with Crippen LogP contribution in [0.5, 0.6) is 17.2 Å². The zero-order valence-electron chi connectivity index (χ0n) is 11.3. The zero-order chi connectivity index (χ0) is 15.5. The van der Waals surface area contributed by atoms with E-state index in [0.29, 0.717) is 22.9 Å². The van der Waals surface area contributed by atoms with E-state index >= 15 is 0 Å². The van der Waals surface area contributed by atoms with Crippen molar-refractivity contribution in [2.75, 3.05) is 18.7 Å². The SMILES string of the molecule is O=C(COc1ccc(F)c(Cl)c1)Nc1ccc2c(c1)OCO2. The smallest absolute Gasteiger partial charge is 0.262 e. The largest absolute Gasteiger partial charge is 0.484 e. The summed E-state index contributed by atoms with van der Waals surface area (Å²) in [5.41, 5.74) is 0.565. The van der Waals surface area contributed by atoms with E-state index in [1.807, 2.05) is 0 Å². The predicted molar refractivity (Wildman–Crippen MR) is 78.1 cm³/mol. The van der Waals surface area contributed by atoms with Gasteiger partial charge in [0.1, 0.15) is 11.6 Å². The second-order valence-corrected chi connectivity index (χ2v) is 4.89. The molecule has 5 nitrogen and oxygen atoms in total. The molecule has 0 aromatic heterocycles. The Bertz CT molecular complexity index is 723. The minimum absolute atomic E-state index is 0.0614. The molecular weight excluding hydrogens is 313 g/mol. The van der Waals surface area contributed by atoms with E-state index in [2.05, 4.69) is 5.32 Å². The molecule has 0 aliphatic carbocycles. The van der Waals surface area contributed by atoms with Crippen LogP contribution in [0.4, 0.5) is 10.1 Å². The average molecular weight is 324 g/mol. The van der Waals surface area contributed by atoms with Gasteiger partial charge < -0.3 is 19.5 Å². The van der Waals surface area contributed by atoms with E-state index in [0.717, 1.165) is 0 Å². The van der Waals surface area contributed by atoms with Gasteiger partial charge in [0.05, 0.1) is 5.02 Å². The summed E-state index contributed by atoms with van der Waals surface area (Å²) in [6, 6.07) is 8.95. The maximum atomic E-state index is 13.0. The number of rotatable bonds is 4. The van der Waals surface area contributed by atoms with E-state index in [4.69, 9.17) is 25.8 Å². The number of anilines is 1. The molecule has 0 saturated carbocycles. The molecule has 1 aliphatic heterocycles. The van der Waals surface area contributed by atoms with Crippen LogP contribution in [0.2, 0.25) is 5.02 Å². The van der Waals surface area contributed by atoms with E-state index in [1.54, 1.807) is 18.2 Å². The molecule has 22 heavy (non-hydrogen) atoms. The lowest BCUT2D eigenvalue weighted by molar-refractivity contribution is -0.118. The summed E-state index contributed by atoms with van der Waals surface area (Å²) in [5.74, 6) is 0.615. The van der Waals surface area contributed by atoms with Gasteiger partial charge in [0.2, 0.25) is 6.79 Å². The first-order valence-corrected chi connectivity index (χ1v) is 6.77. The highest BCUT2D eigenvalue weighted by molar-refractivity contribution is 6.30. The van der Waals surface area contributed by atoms with Gasteiger partial charge in [-0.2, -0.15) is 0 Å². The molecule has 114 valence electrons. The molecule has 2 aromatic carbocycles. The van der Waals surface area contributed by atoms with Gasteiger partial charge in [-0.25, -0.2) is 4.39 Å². The molecule has 1 aliphatic rings. The summed E-state index contributed by atoms with van der Waals surface area (Å²) in [7, 11) is 0. The zero-order valence-corrected chi connectivity index (χ0v) is 12.0. The fourth-order valence-corrected chi connectivity index (χ4v) is 2.06. The fourth-order valence-electron chi connectivity index (χ4n) is 1.89. The lowest BCUT2D eigenvalue weighted by atomic mass is 10.3. The Labute approximate surface area is 130 Å². The summed E-state index contributed by atoms with van der Waals surface area (Å²) in [6.07, 6.45) is 0. The maximum Gasteiger partial charge on any atom is 0.262 e. The van der Waals surface area contributed by atoms with Crippen LogP contribution in [0.15, 0.2) is 36.4 Å². The van der Waals surface area contributed by atoms with Gasteiger partial charge in [-0.05, 0) is 24.3 Å². The Morgan fingerprint density at radius 3 is 2.86 bits per heavy atom. The minimum atomic E-state index is -0.543. The summed E-state index contributed by atoms with van der Waals surface area (Å²) < 4.78 is 28.7. The number of nitrogens with one attached hydrogen (secondary N) is 1. The molecule has 0 bridgehead atoms. The minimum Gasteiger partial charge on any atom is -0.484 e. The first-order valence-electron chi connectivity index (χ1n) is 6.39. The number of amides is 1. The Morgan fingerprint density at radius 2 is 2.05 bits per heavy atom. The number of halogens is 2. The number of benzene rings is 2. The van der Waals surface area contributed by atoms with Crippen molar-refractivity contribution >= 4 is 23.2 Å². The number of carbonyl (C=O) groups excluding carboxylic acids is 1. The Kier molecular flexibility index (Phi) is 4.02.